The van der Waals surface area contributed by atoms with Crippen LogP contribution in [0.15, 0.2) is 146 Å². The molecule has 14 rings (SSSR count). The molecule has 0 unspecified atom stereocenters. The van der Waals surface area contributed by atoms with E-state index in [-0.39, 0.29) is 0 Å². The maximum Gasteiger partial charge on any atom is 0.0552 e. The zero-order valence-electron chi connectivity index (χ0n) is 29.1. The van der Waals surface area contributed by atoms with Crippen molar-refractivity contribution in [1.29, 1.82) is 0 Å². The third-order valence-electron chi connectivity index (χ3n) is 12.1. The van der Waals surface area contributed by atoms with Crippen LogP contribution in [0, 0.1) is 0 Å². The van der Waals surface area contributed by atoms with Crippen molar-refractivity contribution in [3.05, 3.63) is 146 Å². The van der Waals surface area contributed by atoms with Crippen molar-refractivity contribution in [3.8, 4) is 0 Å². The minimum Gasteiger partial charge on any atom is -0.354 e. The van der Waals surface area contributed by atoms with Gasteiger partial charge in [-0.1, -0.05) is 121 Å². The molecule has 5 heteroatoms. The molecule has 14 aromatic rings. The average molecular weight is 751 g/mol. The minimum absolute atomic E-state index is 1.15. The van der Waals surface area contributed by atoms with Gasteiger partial charge in [0.2, 0.25) is 0 Å². The van der Waals surface area contributed by atoms with Gasteiger partial charge in [-0.3, -0.25) is 0 Å². The van der Waals surface area contributed by atoms with Gasteiger partial charge in [0.1, 0.15) is 0 Å². The molecule has 0 fully saturated rings. The standard InChI is InChI=1S/C50H26N2S3/c1-2-12-26-25(11-1)37-23-35-42-44-43-41-36-24-40(28-14-4-3-13-27(28)39-22-21-38(26)53-39)54-48(36)32-18-8-6-16-30(32)46(41)52-47(43)31-17-7-10-20-34(31)50(44)55-49(42)33-19-9-5-15-29(33)45(35)51-37/h1-24,51-52H. The van der Waals surface area contributed by atoms with Gasteiger partial charge in [0.05, 0.1) is 16.6 Å². The molecular weight excluding hydrogens is 725 g/mol. The summed E-state index contributed by atoms with van der Waals surface area (Å²) in [5, 5.41) is 20.7. The maximum absolute atomic E-state index is 4.11. The van der Waals surface area contributed by atoms with E-state index in [0.29, 0.717) is 0 Å². The lowest BCUT2D eigenvalue weighted by atomic mass is 9.95. The van der Waals surface area contributed by atoms with E-state index in [4.69, 9.17) is 0 Å². The van der Waals surface area contributed by atoms with E-state index < -0.39 is 0 Å². The normalized spacial score (nSPS) is 12.7. The summed E-state index contributed by atoms with van der Waals surface area (Å²) in [5.74, 6) is 0. The smallest absolute Gasteiger partial charge is 0.0552 e. The van der Waals surface area contributed by atoms with Gasteiger partial charge in [0, 0.05) is 120 Å². The van der Waals surface area contributed by atoms with Crippen LogP contribution in [-0.2, 0) is 0 Å². The Labute approximate surface area is 324 Å². The molecule has 6 aromatic heterocycles. The molecule has 0 aliphatic heterocycles. The number of benzene rings is 8. The lowest BCUT2D eigenvalue weighted by molar-refractivity contribution is 1.58. The van der Waals surface area contributed by atoms with Gasteiger partial charge in [-0.05, 0) is 24.3 Å². The number of thiophene rings is 3. The van der Waals surface area contributed by atoms with E-state index in [1.54, 1.807) is 0 Å². The van der Waals surface area contributed by atoms with Gasteiger partial charge in [-0.15, -0.1) is 34.0 Å². The van der Waals surface area contributed by atoms with Crippen LogP contribution in [0.4, 0.5) is 0 Å². The molecule has 0 amide bonds. The monoisotopic (exact) mass is 750 g/mol. The summed E-state index contributed by atoms with van der Waals surface area (Å²) in [6.07, 6.45) is 0. The number of hydrogen-bond donors (Lipinski definition) is 2. The fourth-order valence-corrected chi connectivity index (χ4v) is 13.5. The Morgan fingerprint density at radius 1 is 0.273 bits per heavy atom. The highest BCUT2D eigenvalue weighted by atomic mass is 32.1. The highest BCUT2D eigenvalue weighted by Gasteiger charge is 2.25. The van der Waals surface area contributed by atoms with Gasteiger partial charge < -0.3 is 9.97 Å². The highest BCUT2D eigenvalue weighted by Crippen LogP contribution is 2.53. The Hall–Kier alpha value is -6.24. The van der Waals surface area contributed by atoms with Crippen LogP contribution in [0.3, 0.4) is 0 Å². The van der Waals surface area contributed by atoms with E-state index in [9.17, 15) is 0 Å². The van der Waals surface area contributed by atoms with E-state index in [1.165, 1.54) is 131 Å². The Balaban J connectivity index is 1.39. The quantitative estimate of drug-likeness (QED) is 0.155. The number of nitrogens with one attached hydrogen (secondary N) is 2. The molecule has 0 saturated heterocycles. The Morgan fingerprint density at radius 2 is 0.764 bits per heavy atom. The number of rotatable bonds is 0. The summed E-state index contributed by atoms with van der Waals surface area (Å²) >= 11 is 5.78. The molecule has 0 atom stereocenters. The van der Waals surface area contributed by atoms with E-state index in [2.05, 4.69) is 156 Å². The molecule has 8 aromatic carbocycles. The van der Waals surface area contributed by atoms with E-state index in [1.807, 2.05) is 34.0 Å². The SMILES string of the molecule is c1ccc2c3ccc(s3)c3ccccc3c3cc4c(s3)c3ccccc3c3[nH]c5c6ccccc6c6sc7c8ccccc8c8[nH]c(cc8c7c6c5c43)c2c1. The van der Waals surface area contributed by atoms with Gasteiger partial charge in [0.25, 0.3) is 0 Å². The molecule has 0 radical (unpaired) electrons. The topological polar surface area (TPSA) is 31.6 Å². The van der Waals surface area contributed by atoms with Gasteiger partial charge >= 0.3 is 0 Å². The zero-order valence-corrected chi connectivity index (χ0v) is 31.5. The van der Waals surface area contributed by atoms with E-state index >= 15 is 0 Å². The maximum atomic E-state index is 4.11. The first kappa shape index (κ1) is 29.2. The lowest BCUT2D eigenvalue weighted by Crippen LogP contribution is -1.80. The average Bonchev–Trinajstić information content (AvgIpc) is 4.08. The van der Waals surface area contributed by atoms with Crippen molar-refractivity contribution >= 4 is 170 Å². The fraction of sp³-hybridized carbons (Fsp3) is 0. The number of aromatic amines is 2. The van der Waals surface area contributed by atoms with Crippen LogP contribution in [0.25, 0.3) is 136 Å². The van der Waals surface area contributed by atoms with Crippen molar-refractivity contribution in [2.45, 2.75) is 0 Å². The number of H-pyrrole nitrogens is 2. The minimum atomic E-state index is 1.15. The molecule has 6 heterocycles. The second kappa shape index (κ2) is 10.3. The first-order chi connectivity index (χ1) is 27.3. The molecule has 254 valence electrons. The van der Waals surface area contributed by atoms with Crippen molar-refractivity contribution in [1.82, 2.24) is 9.97 Å². The van der Waals surface area contributed by atoms with Gasteiger partial charge in [0.15, 0.2) is 0 Å². The van der Waals surface area contributed by atoms with Crippen molar-refractivity contribution in [2.75, 3.05) is 0 Å². The second-order valence-electron chi connectivity index (χ2n) is 14.9. The van der Waals surface area contributed by atoms with Crippen LogP contribution in [0.1, 0.15) is 0 Å². The zero-order chi connectivity index (χ0) is 35.5. The molecule has 0 aliphatic rings. The summed E-state index contributed by atoms with van der Waals surface area (Å²) in [7, 11) is 0. The van der Waals surface area contributed by atoms with Crippen LogP contribution >= 0.6 is 34.0 Å². The third kappa shape index (κ3) is 3.64. The first-order valence-electron chi connectivity index (χ1n) is 18.7. The Bertz CT molecular complexity index is 3800. The number of hydrogen-bond acceptors (Lipinski definition) is 3. The summed E-state index contributed by atoms with van der Waals surface area (Å²) in [6.45, 7) is 0. The summed E-state index contributed by atoms with van der Waals surface area (Å²) < 4.78 is 7.90. The predicted octanol–water partition coefficient (Wildman–Crippen LogP) is 16.1. The van der Waals surface area contributed by atoms with E-state index in [0.717, 1.165) is 5.52 Å². The third-order valence-corrected chi connectivity index (χ3v) is 15.7. The predicted molar refractivity (Wildman–Crippen MR) is 245 cm³/mol. The van der Waals surface area contributed by atoms with Gasteiger partial charge in [-0.2, -0.15) is 0 Å². The molecule has 55 heavy (non-hydrogen) atoms. The lowest BCUT2D eigenvalue weighted by Gasteiger charge is -2.06. The van der Waals surface area contributed by atoms with Crippen LogP contribution in [-0.4, -0.2) is 9.97 Å². The van der Waals surface area contributed by atoms with Crippen LogP contribution in [0.2, 0.25) is 0 Å². The van der Waals surface area contributed by atoms with Crippen molar-refractivity contribution < 1.29 is 0 Å². The summed E-state index contributed by atoms with van der Waals surface area (Å²) in [4.78, 5) is 8.14. The molecule has 2 N–H and O–H groups in total. The van der Waals surface area contributed by atoms with Crippen molar-refractivity contribution in [3.63, 3.8) is 0 Å². The van der Waals surface area contributed by atoms with Crippen LogP contribution < -0.4 is 0 Å². The highest BCUT2D eigenvalue weighted by molar-refractivity contribution is 7.28. The first-order valence-corrected chi connectivity index (χ1v) is 21.1. The summed E-state index contributed by atoms with van der Waals surface area (Å²) in [6, 6.07) is 54.6. The summed E-state index contributed by atoms with van der Waals surface area (Å²) in [5.41, 5.74) is 4.78. The van der Waals surface area contributed by atoms with Crippen molar-refractivity contribution in [2.24, 2.45) is 0 Å². The largest absolute Gasteiger partial charge is 0.354 e. The molecule has 0 aliphatic carbocycles. The molecule has 0 saturated carbocycles. The van der Waals surface area contributed by atoms with Gasteiger partial charge in [-0.25, -0.2) is 0 Å². The Morgan fingerprint density at radius 3 is 1.42 bits per heavy atom. The molecule has 2 nitrogen and oxygen atoms in total. The molecule has 0 spiro atoms. The van der Waals surface area contributed by atoms with Crippen LogP contribution in [0.5, 0.6) is 0 Å². The molecule has 6 bridgehead atoms. The molecular formula is C50H26N2S3. The Kier molecular flexibility index (Phi) is 5.45. The fourth-order valence-electron chi connectivity index (χ4n) is 9.82. The number of fused-ring (bicyclic) bond motifs is 19. The second-order valence-corrected chi connectivity index (χ2v) is 18.0. The number of aromatic nitrogens is 2.